The van der Waals surface area contributed by atoms with Crippen LogP contribution in [-0.2, 0) is 6.18 Å². The van der Waals surface area contributed by atoms with Gasteiger partial charge in [0.25, 0.3) is 0 Å². The Balaban J connectivity index is 3.33. The van der Waals surface area contributed by atoms with Crippen LogP contribution in [0.25, 0.3) is 0 Å². The first-order valence-corrected chi connectivity index (χ1v) is 5.30. The molecular formula is C10H9BrF4O. The highest BCUT2D eigenvalue weighted by molar-refractivity contribution is 9.10. The molecule has 1 aromatic carbocycles. The van der Waals surface area contributed by atoms with Crippen LogP contribution in [-0.4, -0.2) is 5.11 Å². The third-order valence-electron chi connectivity index (χ3n) is 2.14. The zero-order chi connectivity index (χ0) is 12.5. The maximum atomic E-state index is 13.1. The molecule has 6 heteroatoms. The van der Waals surface area contributed by atoms with Crippen LogP contribution in [0.1, 0.15) is 30.6 Å². The van der Waals surface area contributed by atoms with E-state index in [1.807, 2.05) is 0 Å². The Morgan fingerprint density at radius 3 is 2.38 bits per heavy atom. The molecule has 0 aliphatic heterocycles. The molecule has 0 bridgehead atoms. The minimum absolute atomic E-state index is 0.0382. The summed E-state index contributed by atoms with van der Waals surface area (Å²) in [6, 6.07) is 1.35. The van der Waals surface area contributed by atoms with Crippen LogP contribution in [0.4, 0.5) is 17.6 Å². The molecule has 0 aromatic heterocycles. The monoisotopic (exact) mass is 300 g/mol. The third kappa shape index (κ3) is 2.74. The molecule has 1 aromatic rings. The molecular weight excluding hydrogens is 292 g/mol. The molecule has 16 heavy (non-hydrogen) atoms. The average molecular weight is 301 g/mol. The standard InChI is InChI=1S/C10H9BrF4O/c1-2-9(16)5-3-6(10(13,14)15)8(12)4-7(5)11/h3-4,9,16H,2H2,1H3. The van der Waals surface area contributed by atoms with Crippen molar-refractivity contribution < 1.29 is 22.7 Å². The topological polar surface area (TPSA) is 20.2 Å². The van der Waals surface area contributed by atoms with Crippen LogP contribution < -0.4 is 0 Å². The first-order valence-electron chi connectivity index (χ1n) is 4.51. The fraction of sp³-hybridized carbons (Fsp3) is 0.400. The van der Waals surface area contributed by atoms with E-state index >= 15 is 0 Å². The second-order valence-corrected chi connectivity index (χ2v) is 4.13. The summed E-state index contributed by atoms with van der Waals surface area (Å²) in [4.78, 5) is 0. The van der Waals surface area contributed by atoms with Crippen molar-refractivity contribution >= 4 is 15.9 Å². The lowest BCUT2D eigenvalue weighted by Crippen LogP contribution is -2.10. The molecule has 1 nitrogen and oxygen atoms in total. The van der Waals surface area contributed by atoms with Crippen LogP contribution in [0.15, 0.2) is 16.6 Å². The van der Waals surface area contributed by atoms with E-state index < -0.39 is 23.7 Å². The predicted octanol–water partition coefficient (Wildman–Crippen LogP) is 4.05. The van der Waals surface area contributed by atoms with Crippen LogP contribution in [0.3, 0.4) is 0 Å². The Morgan fingerprint density at radius 1 is 1.38 bits per heavy atom. The van der Waals surface area contributed by atoms with Crippen LogP contribution in [0, 0.1) is 5.82 Å². The van der Waals surface area contributed by atoms with Gasteiger partial charge in [-0.2, -0.15) is 13.2 Å². The maximum Gasteiger partial charge on any atom is 0.419 e. The van der Waals surface area contributed by atoms with Crippen molar-refractivity contribution in [3.63, 3.8) is 0 Å². The van der Waals surface area contributed by atoms with Crippen LogP contribution >= 0.6 is 15.9 Å². The lowest BCUT2D eigenvalue weighted by atomic mass is 10.0. The molecule has 0 fully saturated rings. The lowest BCUT2D eigenvalue weighted by molar-refractivity contribution is -0.140. The van der Waals surface area contributed by atoms with Crippen molar-refractivity contribution in [1.82, 2.24) is 0 Å². The van der Waals surface area contributed by atoms with Crippen molar-refractivity contribution in [2.45, 2.75) is 25.6 Å². The van der Waals surface area contributed by atoms with Gasteiger partial charge in [0.1, 0.15) is 5.82 Å². The van der Waals surface area contributed by atoms with Crippen molar-refractivity contribution in [1.29, 1.82) is 0 Å². The fourth-order valence-corrected chi connectivity index (χ4v) is 1.84. The molecule has 1 atom stereocenters. The Labute approximate surface area is 98.2 Å². The molecule has 0 aliphatic rings. The third-order valence-corrected chi connectivity index (χ3v) is 2.82. The summed E-state index contributed by atoms with van der Waals surface area (Å²) >= 11 is 2.92. The van der Waals surface area contributed by atoms with E-state index in [1.165, 1.54) is 0 Å². The van der Waals surface area contributed by atoms with Gasteiger partial charge >= 0.3 is 6.18 Å². The van der Waals surface area contributed by atoms with Gasteiger partial charge in [0.15, 0.2) is 0 Å². The van der Waals surface area contributed by atoms with Gasteiger partial charge in [0.2, 0.25) is 0 Å². The van der Waals surface area contributed by atoms with E-state index in [1.54, 1.807) is 6.92 Å². The highest BCUT2D eigenvalue weighted by Gasteiger charge is 2.35. The van der Waals surface area contributed by atoms with E-state index in [0.29, 0.717) is 6.07 Å². The molecule has 0 radical (unpaired) electrons. The summed E-state index contributed by atoms with van der Waals surface area (Å²) in [6.07, 6.45) is -5.55. The highest BCUT2D eigenvalue weighted by Crippen LogP contribution is 2.36. The fourth-order valence-electron chi connectivity index (χ4n) is 1.26. The second-order valence-electron chi connectivity index (χ2n) is 3.28. The van der Waals surface area contributed by atoms with Crippen molar-refractivity contribution in [3.05, 3.63) is 33.5 Å². The first kappa shape index (κ1) is 13.4. The number of halogens is 5. The summed E-state index contributed by atoms with van der Waals surface area (Å²) in [5.74, 6) is -1.36. The van der Waals surface area contributed by atoms with Crippen molar-refractivity contribution in [2.75, 3.05) is 0 Å². The molecule has 0 amide bonds. The lowest BCUT2D eigenvalue weighted by Gasteiger charge is -2.15. The van der Waals surface area contributed by atoms with Crippen LogP contribution in [0.5, 0.6) is 0 Å². The second kappa shape index (κ2) is 4.71. The summed E-state index contributed by atoms with van der Waals surface area (Å²) in [6.45, 7) is 1.62. The van der Waals surface area contributed by atoms with Gasteiger partial charge in [-0.3, -0.25) is 0 Å². The summed E-state index contributed by atoms with van der Waals surface area (Å²) < 4.78 is 50.4. The smallest absolute Gasteiger partial charge is 0.388 e. The first-order chi connectivity index (χ1) is 7.27. The summed E-state index contributed by atoms with van der Waals surface area (Å²) in [5.41, 5.74) is -1.32. The van der Waals surface area contributed by atoms with Gasteiger partial charge in [-0.1, -0.05) is 22.9 Å². The Hall–Kier alpha value is -0.620. The van der Waals surface area contributed by atoms with E-state index in [-0.39, 0.29) is 16.5 Å². The minimum atomic E-state index is -4.76. The number of hydrogen-bond acceptors (Lipinski definition) is 1. The number of aliphatic hydroxyl groups excluding tert-OH is 1. The Bertz CT molecular complexity index is 389. The quantitative estimate of drug-likeness (QED) is 0.817. The molecule has 1 unspecified atom stereocenters. The normalized spacial score (nSPS) is 13.9. The molecule has 0 saturated heterocycles. The zero-order valence-corrected chi connectivity index (χ0v) is 9.86. The Kier molecular flexibility index (Phi) is 3.96. The van der Waals surface area contributed by atoms with Gasteiger partial charge < -0.3 is 5.11 Å². The van der Waals surface area contributed by atoms with E-state index in [9.17, 15) is 22.7 Å². The van der Waals surface area contributed by atoms with E-state index in [0.717, 1.165) is 6.07 Å². The van der Waals surface area contributed by atoms with Gasteiger partial charge in [-0.25, -0.2) is 4.39 Å². The number of benzene rings is 1. The predicted molar refractivity (Wildman–Crippen MR) is 54.4 cm³/mol. The van der Waals surface area contributed by atoms with Gasteiger partial charge in [0.05, 0.1) is 11.7 Å². The SMILES string of the molecule is CCC(O)c1cc(C(F)(F)F)c(F)cc1Br. The van der Waals surface area contributed by atoms with Crippen LogP contribution in [0.2, 0.25) is 0 Å². The largest absolute Gasteiger partial charge is 0.419 e. The number of rotatable bonds is 2. The zero-order valence-electron chi connectivity index (χ0n) is 8.28. The highest BCUT2D eigenvalue weighted by atomic mass is 79.9. The van der Waals surface area contributed by atoms with Crippen molar-refractivity contribution in [3.8, 4) is 0 Å². The molecule has 0 saturated carbocycles. The summed E-state index contributed by atoms with van der Waals surface area (Å²) in [7, 11) is 0. The minimum Gasteiger partial charge on any atom is -0.388 e. The van der Waals surface area contributed by atoms with Gasteiger partial charge in [-0.15, -0.1) is 0 Å². The number of hydrogen-bond donors (Lipinski definition) is 1. The maximum absolute atomic E-state index is 13.1. The molecule has 0 spiro atoms. The molecule has 0 heterocycles. The summed E-state index contributed by atoms with van der Waals surface area (Å²) in [5, 5.41) is 9.47. The van der Waals surface area contributed by atoms with Crippen molar-refractivity contribution in [2.24, 2.45) is 0 Å². The molecule has 1 N–H and O–H groups in total. The van der Waals surface area contributed by atoms with E-state index in [4.69, 9.17) is 0 Å². The molecule has 90 valence electrons. The molecule has 0 aliphatic carbocycles. The average Bonchev–Trinajstić information content (AvgIpc) is 2.14. The van der Waals surface area contributed by atoms with E-state index in [2.05, 4.69) is 15.9 Å². The van der Waals surface area contributed by atoms with Gasteiger partial charge in [0, 0.05) is 4.47 Å². The Morgan fingerprint density at radius 2 is 1.94 bits per heavy atom. The number of alkyl halides is 3. The van der Waals surface area contributed by atoms with Gasteiger partial charge in [-0.05, 0) is 24.1 Å². The molecule has 1 rings (SSSR count). The number of aliphatic hydroxyl groups is 1.